The van der Waals surface area contributed by atoms with E-state index < -0.39 is 0 Å². The Balaban J connectivity index is 1.13. The van der Waals surface area contributed by atoms with Crippen molar-refractivity contribution in [2.45, 2.75) is 38.5 Å². The summed E-state index contributed by atoms with van der Waals surface area (Å²) in [6, 6.07) is 69.4. The van der Waals surface area contributed by atoms with E-state index in [-0.39, 0.29) is 10.8 Å². The van der Waals surface area contributed by atoms with Crippen LogP contribution < -0.4 is 4.90 Å². The summed E-state index contributed by atoms with van der Waals surface area (Å²) in [4.78, 5) is 2.51. The van der Waals surface area contributed by atoms with E-state index >= 15 is 0 Å². The number of benzene rings is 9. The number of anilines is 3. The van der Waals surface area contributed by atoms with Gasteiger partial charge in [-0.3, -0.25) is 0 Å². The molecule has 0 atom stereocenters. The molecule has 1 aromatic heterocycles. The van der Waals surface area contributed by atoms with Gasteiger partial charge in [0.05, 0.1) is 5.69 Å². The van der Waals surface area contributed by atoms with Crippen LogP contribution in [0.4, 0.5) is 17.1 Å². The molecule has 0 aliphatic heterocycles. The lowest BCUT2D eigenvalue weighted by molar-refractivity contribution is 0.660. The van der Waals surface area contributed by atoms with Gasteiger partial charge in [0.1, 0.15) is 11.2 Å². The van der Waals surface area contributed by atoms with Gasteiger partial charge in [-0.25, -0.2) is 0 Å². The first-order valence-corrected chi connectivity index (χ1v) is 21.1. The molecule has 9 aromatic carbocycles. The number of hydrogen-bond acceptors (Lipinski definition) is 2. The zero-order valence-electron chi connectivity index (χ0n) is 34.3. The Bertz CT molecular complexity index is 3280. The second kappa shape index (κ2) is 12.7. The van der Waals surface area contributed by atoms with Crippen LogP contribution in [0.25, 0.3) is 77.2 Å². The third-order valence-electron chi connectivity index (χ3n) is 13.7. The molecule has 0 radical (unpaired) electrons. The van der Waals surface area contributed by atoms with E-state index in [0.717, 1.165) is 55.7 Å². The minimum atomic E-state index is -0.152. The van der Waals surface area contributed by atoms with Crippen LogP contribution in [0.15, 0.2) is 192 Å². The van der Waals surface area contributed by atoms with Crippen LogP contribution in [-0.4, -0.2) is 0 Å². The average Bonchev–Trinajstić information content (AvgIpc) is 3.87. The first-order valence-electron chi connectivity index (χ1n) is 21.1. The van der Waals surface area contributed by atoms with Crippen LogP contribution in [0.3, 0.4) is 0 Å². The summed E-state index contributed by atoms with van der Waals surface area (Å²) in [7, 11) is 0. The van der Waals surface area contributed by atoms with Gasteiger partial charge < -0.3 is 9.32 Å². The van der Waals surface area contributed by atoms with Crippen molar-refractivity contribution in [2.24, 2.45) is 0 Å². The highest BCUT2D eigenvalue weighted by Gasteiger charge is 2.38. The molecule has 286 valence electrons. The fourth-order valence-corrected chi connectivity index (χ4v) is 10.6. The molecule has 60 heavy (non-hydrogen) atoms. The number of rotatable bonds is 5. The molecular formula is C58H43NO. The summed E-state index contributed by atoms with van der Waals surface area (Å²) in [6.07, 6.45) is 0. The van der Waals surface area contributed by atoms with Crippen molar-refractivity contribution in [1.82, 2.24) is 0 Å². The lowest BCUT2D eigenvalue weighted by atomic mass is 9.82. The highest BCUT2D eigenvalue weighted by molar-refractivity contribution is 6.20. The van der Waals surface area contributed by atoms with E-state index in [9.17, 15) is 0 Å². The Kier molecular flexibility index (Phi) is 7.36. The molecule has 2 heteroatoms. The van der Waals surface area contributed by atoms with Crippen molar-refractivity contribution in [2.75, 3.05) is 4.90 Å². The molecule has 0 fully saturated rings. The van der Waals surface area contributed by atoms with Crippen LogP contribution in [0.1, 0.15) is 49.9 Å². The molecule has 0 saturated carbocycles. The maximum atomic E-state index is 6.83. The van der Waals surface area contributed by atoms with E-state index in [1.807, 2.05) is 0 Å². The lowest BCUT2D eigenvalue weighted by Crippen LogP contribution is -2.18. The fourth-order valence-electron chi connectivity index (χ4n) is 10.6. The van der Waals surface area contributed by atoms with Crippen LogP contribution >= 0.6 is 0 Å². The zero-order chi connectivity index (χ0) is 40.3. The standard InChI is InChI=1S/C58H43NO/c1-57(2)49-23-12-10-19-44(49)46-30-27-39(34-51(46)57)59(40-28-31-47-45-20-11-13-24-50(45)58(3,4)52(47)35-40)53-33-38(25-29-41(53)36-15-6-5-7-16-36)43-21-14-22-48-55-42-18-9-8-17-37(42)26-32-54(55)60-56(43)48/h5-35H,1-4H3. The van der Waals surface area contributed by atoms with Gasteiger partial charge in [-0.2, -0.15) is 0 Å². The van der Waals surface area contributed by atoms with E-state index in [2.05, 4.69) is 221 Å². The summed E-state index contributed by atoms with van der Waals surface area (Å²) in [5.41, 5.74) is 20.1. The van der Waals surface area contributed by atoms with E-state index in [1.54, 1.807) is 0 Å². The highest BCUT2D eigenvalue weighted by Crippen LogP contribution is 2.54. The molecule has 0 spiro atoms. The molecule has 0 unspecified atom stereocenters. The van der Waals surface area contributed by atoms with Crippen molar-refractivity contribution < 1.29 is 4.42 Å². The van der Waals surface area contributed by atoms with E-state index in [0.29, 0.717) is 0 Å². The van der Waals surface area contributed by atoms with Crippen LogP contribution in [-0.2, 0) is 10.8 Å². The smallest absolute Gasteiger partial charge is 0.143 e. The minimum absolute atomic E-state index is 0.152. The zero-order valence-corrected chi connectivity index (χ0v) is 34.3. The fraction of sp³-hybridized carbons (Fsp3) is 0.103. The largest absolute Gasteiger partial charge is 0.455 e. The number of fused-ring (bicyclic) bond motifs is 11. The van der Waals surface area contributed by atoms with Gasteiger partial charge in [0, 0.05) is 44.1 Å². The Hall–Kier alpha value is -7.16. The Morgan fingerprint density at radius 2 is 0.933 bits per heavy atom. The molecule has 0 bridgehead atoms. The Labute approximate surface area is 351 Å². The molecule has 0 N–H and O–H groups in total. The number of furan rings is 1. The van der Waals surface area contributed by atoms with Crippen LogP contribution in [0.5, 0.6) is 0 Å². The molecule has 12 rings (SSSR count). The second-order valence-corrected chi connectivity index (χ2v) is 17.7. The predicted octanol–water partition coefficient (Wildman–Crippen LogP) is 16.2. The quantitative estimate of drug-likeness (QED) is 0.173. The van der Waals surface area contributed by atoms with Crippen molar-refractivity contribution >= 4 is 49.8 Å². The average molecular weight is 770 g/mol. The Morgan fingerprint density at radius 3 is 1.62 bits per heavy atom. The van der Waals surface area contributed by atoms with Gasteiger partial charge >= 0.3 is 0 Å². The van der Waals surface area contributed by atoms with Gasteiger partial charge in [-0.15, -0.1) is 0 Å². The molecule has 0 saturated heterocycles. The van der Waals surface area contributed by atoms with E-state index in [1.165, 1.54) is 60.8 Å². The lowest BCUT2D eigenvalue weighted by Gasteiger charge is -2.31. The summed E-state index contributed by atoms with van der Waals surface area (Å²) in [5, 5.41) is 4.71. The van der Waals surface area contributed by atoms with Crippen molar-refractivity contribution in [3.8, 4) is 44.5 Å². The highest BCUT2D eigenvalue weighted by atomic mass is 16.3. The number of para-hydroxylation sites is 1. The first-order chi connectivity index (χ1) is 29.3. The van der Waals surface area contributed by atoms with Gasteiger partial charge in [0.2, 0.25) is 0 Å². The minimum Gasteiger partial charge on any atom is -0.455 e. The third kappa shape index (κ3) is 4.94. The van der Waals surface area contributed by atoms with Gasteiger partial charge in [-0.05, 0) is 103 Å². The van der Waals surface area contributed by atoms with Crippen molar-refractivity contribution in [3.05, 3.63) is 210 Å². The SMILES string of the molecule is CC1(C)c2ccccc2-c2ccc(N(c3ccc4c(c3)C(C)(C)c3ccccc3-4)c3cc(-c4cccc5c4oc4ccc6ccccc6c45)ccc3-c3ccccc3)cc21. The maximum absolute atomic E-state index is 6.83. The molecule has 10 aromatic rings. The monoisotopic (exact) mass is 769 g/mol. The van der Waals surface area contributed by atoms with Crippen molar-refractivity contribution in [3.63, 3.8) is 0 Å². The third-order valence-corrected chi connectivity index (χ3v) is 13.7. The predicted molar refractivity (Wildman–Crippen MR) is 252 cm³/mol. The summed E-state index contributed by atoms with van der Waals surface area (Å²) < 4.78 is 6.83. The van der Waals surface area contributed by atoms with Gasteiger partial charge in [-0.1, -0.05) is 179 Å². The summed E-state index contributed by atoms with van der Waals surface area (Å²) >= 11 is 0. The summed E-state index contributed by atoms with van der Waals surface area (Å²) in [5.74, 6) is 0. The van der Waals surface area contributed by atoms with Crippen molar-refractivity contribution in [1.29, 1.82) is 0 Å². The Morgan fingerprint density at radius 1 is 0.383 bits per heavy atom. The maximum Gasteiger partial charge on any atom is 0.143 e. The summed E-state index contributed by atoms with van der Waals surface area (Å²) in [6.45, 7) is 9.48. The van der Waals surface area contributed by atoms with Crippen LogP contribution in [0.2, 0.25) is 0 Å². The normalized spacial score (nSPS) is 14.3. The number of hydrogen-bond donors (Lipinski definition) is 0. The second-order valence-electron chi connectivity index (χ2n) is 17.7. The molecule has 1 heterocycles. The van der Waals surface area contributed by atoms with Gasteiger partial charge in [0.25, 0.3) is 0 Å². The molecular weight excluding hydrogens is 727 g/mol. The van der Waals surface area contributed by atoms with E-state index in [4.69, 9.17) is 4.42 Å². The van der Waals surface area contributed by atoms with Crippen LogP contribution in [0, 0.1) is 0 Å². The first kappa shape index (κ1) is 34.8. The number of nitrogens with zero attached hydrogens (tertiary/aromatic N) is 1. The molecule has 2 nitrogen and oxygen atoms in total. The molecule has 2 aliphatic carbocycles. The molecule has 2 aliphatic rings. The van der Waals surface area contributed by atoms with Gasteiger partial charge in [0.15, 0.2) is 0 Å². The topological polar surface area (TPSA) is 16.4 Å². The molecule has 0 amide bonds.